The fraction of sp³-hybridized carbons (Fsp3) is 0.429. The molecule has 0 aliphatic carbocycles. The van der Waals surface area contributed by atoms with Crippen molar-refractivity contribution in [2.24, 2.45) is 0 Å². The maximum Gasteiger partial charge on any atom is 0.238 e. The Labute approximate surface area is 176 Å². The van der Waals surface area contributed by atoms with E-state index in [0.29, 0.717) is 43.5 Å². The third kappa shape index (κ3) is 7.75. The third-order valence-electron chi connectivity index (χ3n) is 4.06. The van der Waals surface area contributed by atoms with Crippen LogP contribution in [0.3, 0.4) is 0 Å². The van der Waals surface area contributed by atoms with E-state index >= 15 is 0 Å². The third-order valence-corrected chi connectivity index (χ3v) is 4.93. The Hall–Kier alpha value is -2.58. The number of rotatable bonds is 12. The highest BCUT2D eigenvalue weighted by Gasteiger charge is 2.15. The number of carbonyl (C=O) groups excluding carboxylic acids is 2. The minimum atomic E-state index is -0.215. The zero-order chi connectivity index (χ0) is 21.1. The Balaban J connectivity index is 1.91. The van der Waals surface area contributed by atoms with E-state index in [0.717, 1.165) is 4.88 Å². The van der Waals surface area contributed by atoms with Gasteiger partial charge in [-0.15, -0.1) is 11.3 Å². The molecule has 1 aromatic heterocycles. The quantitative estimate of drug-likeness (QED) is 0.553. The number of nitrogens with one attached hydrogen (secondary N) is 2. The summed E-state index contributed by atoms with van der Waals surface area (Å²) >= 11 is 1.60. The highest BCUT2D eigenvalue weighted by atomic mass is 32.1. The second-order valence-electron chi connectivity index (χ2n) is 6.23. The molecule has 29 heavy (non-hydrogen) atoms. The molecule has 1 heterocycles. The van der Waals surface area contributed by atoms with Crippen molar-refractivity contribution in [3.8, 4) is 11.5 Å². The normalized spacial score (nSPS) is 10.6. The van der Waals surface area contributed by atoms with E-state index in [-0.39, 0.29) is 24.9 Å². The lowest BCUT2D eigenvalue weighted by atomic mass is 10.2. The lowest BCUT2D eigenvalue weighted by Crippen LogP contribution is -2.40. The van der Waals surface area contributed by atoms with Crippen LogP contribution in [0, 0.1) is 0 Å². The first-order chi connectivity index (χ1) is 14.0. The smallest absolute Gasteiger partial charge is 0.238 e. The molecule has 8 heteroatoms. The van der Waals surface area contributed by atoms with Crippen molar-refractivity contribution in [1.29, 1.82) is 0 Å². The summed E-state index contributed by atoms with van der Waals surface area (Å²) in [4.78, 5) is 27.6. The molecule has 0 unspecified atom stereocenters. The van der Waals surface area contributed by atoms with Crippen molar-refractivity contribution in [1.82, 2.24) is 10.2 Å². The number of anilines is 1. The summed E-state index contributed by atoms with van der Waals surface area (Å²) in [5, 5.41) is 7.73. The first-order valence-electron chi connectivity index (χ1n) is 9.76. The minimum Gasteiger partial charge on any atom is -0.494 e. The minimum absolute atomic E-state index is 0.105. The molecule has 1 aromatic carbocycles. The van der Waals surface area contributed by atoms with Gasteiger partial charge >= 0.3 is 0 Å². The molecule has 0 saturated heterocycles. The van der Waals surface area contributed by atoms with Crippen molar-refractivity contribution < 1.29 is 19.1 Å². The molecule has 0 aliphatic rings. The molecule has 2 amide bonds. The van der Waals surface area contributed by atoms with E-state index in [4.69, 9.17) is 9.47 Å². The number of likely N-dealkylation sites (N-methyl/N-ethyl adjacent to an activating group) is 1. The summed E-state index contributed by atoms with van der Waals surface area (Å²) < 4.78 is 11.1. The Morgan fingerprint density at radius 3 is 2.45 bits per heavy atom. The lowest BCUT2D eigenvalue weighted by Gasteiger charge is -2.20. The van der Waals surface area contributed by atoms with Gasteiger partial charge in [0.1, 0.15) is 11.5 Å². The van der Waals surface area contributed by atoms with Crippen molar-refractivity contribution in [2.75, 3.05) is 38.2 Å². The Kier molecular flexibility index (Phi) is 9.46. The largest absolute Gasteiger partial charge is 0.494 e. The van der Waals surface area contributed by atoms with E-state index < -0.39 is 0 Å². The molecule has 7 nitrogen and oxygen atoms in total. The zero-order valence-electron chi connectivity index (χ0n) is 17.2. The maximum absolute atomic E-state index is 12.6. The topological polar surface area (TPSA) is 79.9 Å². The fourth-order valence-electron chi connectivity index (χ4n) is 2.67. The Bertz CT molecular complexity index is 780. The second-order valence-corrected chi connectivity index (χ2v) is 7.26. The average Bonchev–Trinajstić information content (AvgIpc) is 3.22. The van der Waals surface area contributed by atoms with Crippen molar-refractivity contribution in [3.63, 3.8) is 0 Å². The van der Waals surface area contributed by atoms with Gasteiger partial charge in [-0.3, -0.25) is 14.5 Å². The first-order valence-corrected chi connectivity index (χ1v) is 10.6. The van der Waals surface area contributed by atoms with E-state index in [2.05, 4.69) is 10.6 Å². The van der Waals surface area contributed by atoms with E-state index in [9.17, 15) is 9.59 Å². The second kappa shape index (κ2) is 12.1. The predicted octanol–water partition coefficient (Wildman–Crippen LogP) is 3.12. The van der Waals surface area contributed by atoms with E-state index in [1.54, 1.807) is 34.4 Å². The molecule has 2 rings (SSSR count). The molecule has 2 N–H and O–H groups in total. The van der Waals surface area contributed by atoms with Crippen LogP contribution >= 0.6 is 11.3 Å². The van der Waals surface area contributed by atoms with Gasteiger partial charge in [0.25, 0.3) is 0 Å². The summed E-state index contributed by atoms with van der Waals surface area (Å²) in [6.45, 7) is 8.07. The van der Waals surface area contributed by atoms with E-state index in [1.165, 1.54) is 0 Å². The monoisotopic (exact) mass is 419 g/mol. The van der Waals surface area contributed by atoms with Crippen molar-refractivity contribution >= 4 is 28.8 Å². The number of thiophene rings is 1. The predicted molar refractivity (Wildman–Crippen MR) is 116 cm³/mol. The summed E-state index contributed by atoms with van der Waals surface area (Å²) in [5.74, 6) is 0.918. The molecular formula is C21H29N3O4S. The number of carbonyl (C=O) groups is 2. The van der Waals surface area contributed by atoms with Gasteiger partial charge < -0.3 is 20.1 Å². The summed E-state index contributed by atoms with van der Waals surface area (Å²) in [6.07, 6.45) is 0. The SMILES string of the molecule is CCOc1ccc(OCC)c(NC(=O)CN(CC)CC(=O)NCc2cccs2)c1. The van der Waals surface area contributed by atoms with Crippen LogP contribution in [0.5, 0.6) is 11.5 Å². The van der Waals surface area contributed by atoms with Crippen LogP contribution in [0.2, 0.25) is 0 Å². The van der Waals surface area contributed by atoms with Gasteiger partial charge in [0.05, 0.1) is 38.5 Å². The molecule has 0 aliphatic heterocycles. The van der Waals surface area contributed by atoms with Gasteiger partial charge in [-0.25, -0.2) is 0 Å². The molecule has 2 aromatic rings. The zero-order valence-corrected chi connectivity index (χ0v) is 18.0. The van der Waals surface area contributed by atoms with Crippen molar-refractivity contribution in [2.45, 2.75) is 27.3 Å². The van der Waals surface area contributed by atoms with Crippen LogP contribution in [-0.2, 0) is 16.1 Å². The standard InChI is InChI=1S/C21H29N3O4S/c1-4-24(14-20(25)22-13-17-8-7-11-29-17)15-21(26)23-18-12-16(27-5-2)9-10-19(18)28-6-3/h7-12H,4-6,13-15H2,1-3H3,(H,22,25)(H,23,26). The summed E-state index contributed by atoms with van der Waals surface area (Å²) in [7, 11) is 0. The average molecular weight is 420 g/mol. The van der Waals surface area contributed by atoms with Crippen LogP contribution in [0.25, 0.3) is 0 Å². The molecule has 158 valence electrons. The molecule has 0 bridgehead atoms. The fourth-order valence-corrected chi connectivity index (χ4v) is 3.32. The van der Waals surface area contributed by atoms with Gasteiger partial charge in [-0.1, -0.05) is 13.0 Å². The molecule has 0 saturated carbocycles. The molecular weight excluding hydrogens is 390 g/mol. The number of benzene rings is 1. The number of nitrogens with zero attached hydrogens (tertiary/aromatic N) is 1. The Morgan fingerprint density at radius 1 is 1.03 bits per heavy atom. The first kappa shape index (κ1) is 22.7. The van der Waals surface area contributed by atoms with Gasteiger partial charge in [0.15, 0.2) is 0 Å². The lowest BCUT2D eigenvalue weighted by molar-refractivity contribution is -0.123. The van der Waals surface area contributed by atoms with Crippen molar-refractivity contribution in [3.05, 3.63) is 40.6 Å². The number of ether oxygens (including phenoxy) is 2. The number of hydrogen-bond acceptors (Lipinski definition) is 6. The van der Waals surface area contributed by atoms with Crippen LogP contribution in [-0.4, -0.2) is 49.6 Å². The molecule has 0 atom stereocenters. The van der Waals surface area contributed by atoms with Crippen LogP contribution in [0.1, 0.15) is 25.6 Å². The molecule has 0 spiro atoms. The van der Waals surface area contributed by atoms with Crippen LogP contribution in [0.15, 0.2) is 35.7 Å². The van der Waals surface area contributed by atoms with Gasteiger partial charge in [0.2, 0.25) is 11.8 Å². The molecule has 0 radical (unpaired) electrons. The summed E-state index contributed by atoms with van der Waals surface area (Å²) in [6, 6.07) is 9.25. The number of hydrogen-bond donors (Lipinski definition) is 2. The maximum atomic E-state index is 12.6. The van der Waals surface area contributed by atoms with Crippen LogP contribution in [0.4, 0.5) is 5.69 Å². The number of amides is 2. The Morgan fingerprint density at radius 2 is 1.79 bits per heavy atom. The van der Waals surface area contributed by atoms with Gasteiger partial charge in [-0.05, 0) is 44.0 Å². The highest BCUT2D eigenvalue weighted by Crippen LogP contribution is 2.29. The highest BCUT2D eigenvalue weighted by molar-refractivity contribution is 7.09. The van der Waals surface area contributed by atoms with Gasteiger partial charge in [0, 0.05) is 10.9 Å². The molecule has 0 fully saturated rings. The van der Waals surface area contributed by atoms with E-state index in [1.807, 2.05) is 38.3 Å². The van der Waals surface area contributed by atoms with Gasteiger partial charge in [-0.2, -0.15) is 0 Å². The summed E-state index contributed by atoms with van der Waals surface area (Å²) in [5.41, 5.74) is 0.556. The van der Waals surface area contributed by atoms with Crippen LogP contribution < -0.4 is 20.1 Å².